The highest BCUT2D eigenvalue weighted by Gasteiger charge is 2.29. The molecule has 1 saturated heterocycles. The Kier molecular flexibility index (Phi) is 5.01. The van der Waals surface area contributed by atoms with E-state index in [1.54, 1.807) is 0 Å². The Morgan fingerprint density at radius 1 is 1.33 bits per heavy atom. The Bertz CT molecular complexity index is 276. The van der Waals surface area contributed by atoms with Crippen LogP contribution in [-0.4, -0.2) is 49.6 Å². The summed E-state index contributed by atoms with van der Waals surface area (Å²) >= 11 is 0. The highest BCUT2D eigenvalue weighted by molar-refractivity contribution is 5.79. The molecule has 18 heavy (non-hydrogen) atoms. The molecule has 4 nitrogen and oxygen atoms in total. The third kappa shape index (κ3) is 3.45. The molecule has 4 heteroatoms. The Morgan fingerprint density at radius 2 is 2.06 bits per heavy atom. The predicted octanol–water partition coefficient (Wildman–Crippen LogP) is 0.975. The lowest BCUT2D eigenvalue weighted by Gasteiger charge is -2.24. The lowest BCUT2D eigenvalue weighted by Crippen LogP contribution is -2.41. The quantitative estimate of drug-likeness (QED) is 0.767. The van der Waals surface area contributed by atoms with E-state index in [1.807, 2.05) is 0 Å². The van der Waals surface area contributed by atoms with E-state index in [4.69, 9.17) is 0 Å². The van der Waals surface area contributed by atoms with Gasteiger partial charge in [-0.3, -0.25) is 4.79 Å². The zero-order valence-electron chi connectivity index (χ0n) is 11.7. The molecule has 2 fully saturated rings. The maximum Gasteiger partial charge on any atom is 0.224 e. The minimum atomic E-state index is 0.168. The van der Waals surface area contributed by atoms with E-state index in [-0.39, 0.29) is 11.8 Å². The van der Waals surface area contributed by atoms with Gasteiger partial charge in [0.25, 0.3) is 0 Å². The second-order valence-corrected chi connectivity index (χ2v) is 5.85. The molecule has 0 bridgehead atoms. The third-order valence-corrected chi connectivity index (χ3v) is 4.57. The van der Waals surface area contributed by atoms with Crippen LogP contribution in [0.25, 0.3) is 0 Å². The van der Waals surface area contributed by atoms with Gasteiger partial charge in [-0.05, 0) is 39.8 Å². The molecule has 1 aliphatic carbocycles. The molecule has 1 saturated carbocycles. The van der Waals surface area contributed by atoms with Crippen LogP contribution in [0.5, 0.6) is 0 Å². The monoisotopic (exact) mass is 253 g/mol. The zero-order valence-corrected chi connectivity index (χ0v) is 11.7. The van der Waals surface area contributed by atoms with Gasteiger partial charge in [0, 0.05) is 25.2 Å². The molecule has 2 rings (SSSR count). The normalized spacial score (nSPS) is 29.1. The molecule has 104 valence electrons. The first-order chi connectivity index (χ1) is 8.68. The van der Waals surface area contributed by atoms with Gasteiger partial charge in [0.1, 0.15) is 0 Å². The first kappa shape index (κ1) is 13.8. The number of amides is 1. The van der Waals surface area contributed by atoms with E-state index in [9.17, 15) is 4.79 Å². The van der Waals surface area contributed by atoms with Crippen molar-refractivity contribution < 1.29 is 4.79 Å². The van der Waals surface area contributed by atoms with Crippen molar-refractivity contribution >= 4 is 5.91 Å². The fourth-order valence-electron chi connectivity index (χ4n) is 3.23. The molecule has 2 aliphatic rings. The van der Waals surface area contributed by atoms with Crippen molar-refractivity contribution in [2.24, 2.45) is 5.92 Å². The van der Waals surface area contributed by atoms with Crippen LogP contribution in [-0.2, 0) is 4.79 Å². The maximum atomic E-state index is 12.0. The molecule has 1 heterocycles. The average molecular weight is 253 g/mol. The Morgan fingerprint density at radius 3 is 2.67 bits per heavy atom. The molecule has 2 unspecified atom stereocenters. The second kappa shape index (κ2) is 6.53. The third-order valence-electron chi connectivity index (χ3n) is 4.57. The maximum absolute atomic E-state index is 12.0. The summed E-state index contributed by atoms with van der Waals surface area (Å²) in [5, 5.41) is 6.41. The van der Waals surface area contributed by atoms with E-state index in [0.717, 1.165) is 32.1 Å². The highest BCUT2D eigenvalue weighted by Crippen LogP contribution is 2.21. The van der Waals surface area contributed by atoms with Gasteiger partial charge in [0.05, 0.1) is 5.92 Å². The largest absolute Gasteiger partial charge is 0.355 e. The Hall–Kier alpha value is -0.610. The fraction of sp³-hybridized carbons (Fsp3) is 0.929. The molecule has 0 spiro atoms. The van der Waals surface area contributed by atoms with Gasteiger partial charge < -0.3 is 15.5 Å². The summed E-state index contributed by atoms with van der Waals surface area (Å²) in [6.07, 6.45) is 6.37. The van der Waals surface area contributed by atoms with Crippen molar-refractivity contribution in [1.29, 1.82) is 0 Å². The second-order valence-electron chi connectivity index (χ2n) is 5.85. The van der Waals surface area contributed by atoms with Gasteiger partial charge >= 0.3 is 0 Å². The smallest absolute Gasteiger partial charge is 0.224 e. The number of carbonyl (C=O) groups is 1. The molecule has 1 amide bonds. The summed E-state index contributed by atoms with van der Waals surface area (Å²) < 4.78 is 0. The van der Waals surface area contributed by atoms with Crippen molar-refractivity contribution in [2.75, 3.05) is 26.7 Å². The van der Waals surface area contributed by atoms with Gasteiger partial charge in [-0.2, -0.15) is 0 Å². The minimum absolute atomic E-state index is 0.168. The van der Waals surface area contributed by atoms with Crippen LogP contribution in [0.2, 0.25) is 0 Å². The molecule has 0 aromatic rings. The molecular weight excluding hydrogens is 226 g/mol. The first-order valence-corrected chi connectivity index (χ1v) is 7.40. The summed E-state index contributed by atoms with van der Waals surface area (Å²) in [6.45, 7) is 4.84. The first-order valence-electron chi connectivity index (χ1n) is 7.40. The van der Waals surface area contributed by atoms with Crippen LogP contribution in [0.3, 0.4) is 0 Å². The Balaban J connectivity index is 1.63. The summed E-state index contributed by atoms with van der Waals surface area (Å²) in [5.74, 6) is 0.397. The van der Waals surface area contributed by atoms with Crippen LogP contribution < -0.4 is 10.6 Å². The number of hydrogen-bond acceptors (Lipinski definition) is 3. The standard InChI is InChI=1S/C14H27N3O/c1-11-13(7-8-15-11)14(18)16-9-10-17(2)12-5-3-4-6-12/h11-13,15H,3-10H2,1-2H3,(H,16,18). The summed E-state index contributed by atoms with van der Waals surface area (Å²) in [4.78, 5) is 14.4. The lowest BCUT2D eigenvalue weighted by atomic mass is 10.0. The highest BCUT2D eigenvalue weighted by atomic mass is 16.1. The van der Waals surface area contributed by atoms with Gasteiger partial charge in [-0.1, -0.05) is 12.8 Å². The molecule has 2 N–H and O–H groups in total. The van der Waals surface area contributed by atoms with Gasteiger partial charge in [0.2, 0.25) is 5.91 Å². The van der Waals surface area contributed by atoms with Crippen molar-refractivity contribution in [3.63, 3.8) is 0 Å². The van der Waals surface area contributed by atoms with E-state index in [1.165, 1.54) is 25.7 Å². The topological polar surface area (TPSA) is 44.4 Å². The van der Waals surface area contributed by atoms with Gasteiger partial charge in [-0.15, -0.1) is 0 Å². The van der Waals surface area contributed by atoms with Crippen LogP contribution in [0.4, 0.5) is 0 Å². The van der Waals surface area contributed by atoms with E-state index in [0.29, 0.717) is 6.04 Å². The Labute approximate surface area is 110 Å². The van der Waals surface area contributed by atoms with E-state index < -0.39 is 0 Å². The number of hydrogen-bond donors (Lipinski definition) is 2. The number of likely N-dealkylation sites (N-methyl/N-ethyl adjacent to an activating group) is 1. The van der Waals surface area contributed by atoms with Crippen molar-refractivity contribution in [2.45, 2.75) is 51.1 Å². The van der Waals surface area contributed by atoms with E-state index in [2.05, 4.69) is 29.5 Å². The molecule has 2 atom stereocenters. The SMILES string of the molecule is CC1NCCC1C(=O)NCCN(C)C1CCCC1. The number of carbonyl (C=O) groups excluding carboxylic acids is 1. The zero-order chi connectivity index (χ0) is 13.0. The average Bonchev–Trinajstić information content (AvgIpc) is 2.99. The number of nitrogens with one attached hydrogen (secondary N) is 2. The molecular formula is C14H27N3O. The summed E-state index contributed by atoms with van der Waals surface area (Å²) in [7, 11) is 2.18. The number of nitrogens with zero attached hydrogens (tertiary/aromatic N) is 1. The van der Waals surface area contributed by atoms with Crippen LogP contribution in [0, 0.1) is 5.92 Å². The number of rotatable bonds is 5. The lowest BCUT2D eigenvalue weighted by molar-refractivity contribution is -0.125. The van der Waals surface area contributed by atoms with Crippen molar-refractivity contribution in [1.82, 2.24) is 15.5 Å². The summed E-state index contributed by atoms with van der Waals surface area (Å²) in [5.41, 5.74) is 0. The minimum Gasteiger partial charge on any atom is -0.355 e. The van der Waals surface area contributed by atoms with Crippen molar-refractivity contribution in [3.8, 4) is 0 Å². The fourth-order valence-corrected chi connectivity index (χ4v) is 3.23. The van der Waals surface area contributed by atoms with Gasteiger partial charge in [-0.25, -0.2) is 0 Å². The molecule has 1 aliphatic heterocycles. The summed E-state index contributed by atoms with van der Waals surface area (Å²) in [6, 6.07) is 1.08. The van der Waals surface area contributed by atoms with Crippen LogP contribution in [0.1, 0.15) is 39.0 Å². The van der Waals surface area contributed by atoms with Crippen LogP contribution >= 0.6 is 0 Å². The van der Waals surface area contributed by atoms with Crippen molar-refractivity contribution in [3.05, 3.63) is 0 Å². The molecule has 0 aromatic heterocycles. The molecule has 0 radical (unpaired) electrons. The van der Waals surface area contributed by atoms with E-state index >= 15 is 0 Å². The van der Waals surface area contributed by atoms with Gasteiger partial charge in [0.15, 0.2) is 0 Å². The molecule has 0 aromatic carbocycles. The predicted molar refractivity (Wildman–Crippen MR) is 73.5 cm³/mol. The van der Waals surface area contributed by atoms with Crippen LogP contribution in [0.15, 0.2) is 0 Å².